The monoisotopic (exact) mass is 233 g/mol. The average molecular weight is 233 g/mol. The average Bonchev–Trinajstić information content (AvgIpc) is 2.81. The van der Waals surface area contributed by atoms with Gasteiger partial charge in [-0.15, -0.1) is 0 Å². The molecule has 2 saturated carbocycles. The second kappa shape index (κ2) is 4.81. The smallest absolute Gasteiger partial charge is 0.0762 e. The van der Waals surface area contributed by atoms with Crippen LogP contribution in [0.5, 0.6) is 0 Å². The van der Waals surface area contributed by atoms with Crippen LogP contribution in [-0.4, -0.2) is 16.3 Å². The van der Waals surface area contributed by atoms with Gasteiger partial charge >= 0.3 is 0 Å². The molecule has 3 nitrogen and oxygen atoms in total. The van der Waals surface area contributed by atoms with Crippen LogP contribution in [0.15, 0.2) is 12.3 Å². The maximum atomic E-state index is 4.68. The van der Waals surface area contributed by atoms with E-state index in [1.807, 2.05) is 0 Å². The quantitative estimate of drug-likeness (QED) is 0.847. The first-order valence-electron chi connectivity index (χ1n) is 7.07. The molecule has 17 heavy (non-hydrogen) atoms. The van der Waals surface area contributed by atoms with E-state index in [4.69, 9.17) is 0 Å². The third-order valence-electron chi connectivity index (χ3n) is 4.35. The van der Waals surface area contributed by atoms with E-state index in [1.165, 1.54) is 37.8 Å². The van der Waals surface area contributed by atoms with E-state index in [9.17, 15) is 0 Å². The fourth-order valence-corrected chi connectivity index (χ4v) is 2.91. The van der Waals surface area contributed by atoms with Gasteiger partial charge in [-0.25, -0.2) is 0 Å². The van der Waals surface area contributed by atoms with Crippen molar-refractivity contribution >= 4 is 0 Å². The van der Waals surface area contributed by atoms with E-state index in [0.717, 1.165) is 24.9 Å². The molecule has 2 unspecified atom stereocenters. The molecule has 2 fully saturated rings. The van der Waals surface area contributed by atoms with Gasteiger partial charge in [0.25, 0.3) is 0 Å². The van der Waals surface area contributed by atoms with Gasteiger partial charge in [0.1, 0.15) is 0 Å². The minimum absolute atomic E-state index is 0.673. The fraction of sp³-hybridized carbons (Fsp3) is 0.786. The first kappa shape index (κ1) is 11.3. The summed E-state index contributed by atoms with van der Waals surface area (Å²) in [6.07, 6.45) is 8.94. The summed E-state index contributed by atoms with van der Waals surface area (Å²) < 4.78 is 2.18. The highest BCUT2D eigenvalue weighted by Crippen LogP contribution is 2.36. The second-order valence-electron chi connectivity index (χ2n) is 5.83. The molecule has 1 aromatic heterocycles. The van der Waals surface area contributed by atoms with Crippen LogP contribution in [0.4, 0.5) is 0 Å². The van der Waals surface area contributed by atoms with Crippen molar-refractivity contribution in [3.63, 3.8) is 0 Å². The Bertz CT molecular complexity index is 365. The summed E-state index contributed by atoms with van der Waals surface area (Å²) in [5.41, 5.74) is 1.20. The lowest BCUT2D eigenvalue weighted by molar-refractivity contribution is 0.460. The molecule has 1 heterocycles. The third kappa shape index (κ3) is 2.71. The van der Waals surface area contributed by atoms with Crippen molar-refractivity contribution in [2.75, 3.05) is 6.54 Å². The van der Waals surface area contributed by atoms with Crippen LogP contribution in [0.3, 0.4) is 0 Å². The maximum Gasteiger partial charge on any atom is 0.0762 e. The Morgan fingerprint density at radius 1 is 1.41 bits per heavy atom. The summed E-state index contributed by atoms with van der Waals surface area (Å²) >= 11 is 0. The normalized spacial score (nSPS) is 28.8. The second-order valence-corrected chi connectivity index (χ2v) is 5.83. The molecule has 2 aliphatic carbocycles. The van der Waals surface area contributed by atoms with Gasteiger partial charge in [0.05, 0.1) is 11.7 Å². The van der Waals surface area contributed by atoms with Crippen LogP contribution in [0.1, 0.15) is 50.8 Å². The number of nitrogens with one attached hydrogen (secondary N) is 1. The van der Waals surface area contributed by atoms with Gasteiger partial charge in [-0.05, 0) is 43.7 Å². The topological polar surface area (TPSA) is 29.9 Å². The lowest BCUT2D eigenvalue weighted by Gasteiger charge is -2.08. The molecule has 94 valence electrons. The van der Waals surface area contributed by atoms with E-state index in [2.05, 4.69) is 34.3 Å². The SMILES string of the molecule is CC1CC1CNCc1ccn(C2CCCC2)n1. The molecule has 0 bridgehead atoms. The molecule has 0 aromatic carbocycles. The molecule has 1 N–H and O–H groups in total. The lowest BCUT2D eigenvalue weighted by atomic mass is 10.3. The predicted octanol–water partition coefficient (Wildman–Crippen LogP) is 2.74. The number of nitrogens with zero attached hydrogens (tertiary/aromatic N) is 2. The van der Waals surface area contributed by atoms with Gasteiger partial charge < -0.3 is 5.32 Å². The lowest BCUT2D eigenvalue weighted by Crippen LogP contribution is -2.17. The van der Waals surface area contributed by atoms with Gasteiger partial charge in [-0.3, -0.25) is 4.68 Å². The van der Waals surface area contributed by atoms with Gasteiger partial charge in [-0.1, -0.05) is 19.8 Å². The highest BCUT2D eigenvalue weighted by atomic mass is 15.3. The first-order chi connectivity index (χ1) is 8.33. The number of aromatic nitrogens is 2. The molecule has 3 heteroatoms. The van der Waals surface area contributed by atoms with Gasteiger partial charge in [0.2, 0.25) is 0 Å². The Hall–Kier alpha value is -0.830. The molecular weight excluding hydrogens is 210 g/mol. The molecule has 0 amide bonds. The zero-order valence-corrected chi connectivity index (χ0v) is 10.7. The fourth-order valence-electron chi connectivity index (χ4n) is 2.91. The molecular formula is C14H23N3. The number of hydrogen-bond donors (Lipinski definition) is 1. The van der Waals surface area contributed by atoms with E-state index in [-0.39, 0.29) is 0 Å². The van der Waals surface area contributed by atoms with Crippen LogP contribution in [-0.2, 0) is 6.54 Å². The van der Waals surface area contributed by atoms with Crippen molar-refractivity contribution in [3.8, 4) is 0 Å². The molecule has 0 aliphatic heterocycles. The molecule has 3 rings (SSSR count). The summed E-state index contributed by atoms with van der Waals surface area (Å²) in [5.74, 6) is 1.87. The number of hydrogen-bond acceptors (Lipinski definition) is 2. The molecule has 0 radical (unpaired) electrons. The number of rotatable bonds is 5. The van der Waals surface area contributed by atoms with E-state index in [1.54, 1.807) is 0 Å². The van der Waals surface area contributed by atoms with Crippen LogP contribution < -0.4 is 5.32 Å². The standard InChI is InChI=1S/C14H23N3/c1-11-8-12(11)9-15-10-13-6-7-17(16-13)14-4-2-3-5-14/h6-7,11-12,14-15H,2-5,8-10H2,1H3. The highest BCUT2D eigenvalue weighted by molar-refractivity contribution is 5.00. The molecule has 0 saturated heterocycles. The molecule has 1 aromatic rings. The van der Waals surface area contributed by atoms with Crippen LogP contribution in [0.25, 0.3) is 0 Å². The minimum atomic E-state index is 0.673. The van der Waals surface area contributed by atoms with Crippen LogP contribution >= 0.6 is 0 Å². The molecule has 2 atom stereocenters. The Morgan fingerprint density at radius 2 is 2.18 bits per heavy atom. The molecule has 2 aliphatic rings. The van der Waals surface area contributed by atoms with E-state index >= 15 is 0 Å². The Morgan fingerprint density at radius 3 is 2.88 bits per heavy atom. The highest BCUT2D eigenvalue weighted by Gasteiger charge is 2.31. The van der Waals surface area contributed by atoms with Crippen molar-refractivity contribution in [3.05, 3.63) is 18.0 Å². The van der Waals surface area contributed by atoms with Crippen molar-refractivity contribution in [1.82, 2.24) is 15.1 Å². The van der Waals surface area contributed by atoms with Crippen molar-refractivity contribution in [1.29, 1.82) is 0 Å². The summed E-state index contributed by atoms with van der Waals surface area (Å²) in [5, 5.41) is 8.20. The van der Waals surface area contributed by atoms with Crippen molar-refractivity contribution < 1.29 is 0 Å². The van der Waals surface area contributed by atoms with Crippen LogP contribution in [0, 0.1) is 11.8 Å². The van der Waals surface area contributed by atoms with Crippen molar-refractivity contribution in [2.24, 2.45) is 11.8 Å². The summed E-state index contributed by atoms with van der Waals surface area (Å²) in [6, 6.07) is 2.84. The minimum Gasteiger partial charge on any atom is -0.311 e. The summed E-state index contributed by atoms with van der Waals surface area (Å²) in [7, 11) is 0. The van der Waals surface area contributed by atoms with E-state index in [0.29, 0.717) is 6.04 Å². The first-order valence-corrected chi connectivity index (χ1v) is 7.07. The van der Waals surface area contributed by atoms with Gasteiger partial charge in [0.15, 0.2) is 0 Å². The van der Waals surface area contributed by atoms with Crippen molar-refractivity contribution in [2.45, 2.75) is 51.6 Å². The maximum absolute atomic E-state index is 4.68. The molecule has 0 spiro atoms. The third-order valence-corrected chi connectivity index (χ3v) is 4.35. The predicted molar refractivity (Wildman–Crippen MR) is 68.7 cm³/mol. The Labute approximate surface area is 104 Å². The van der Waals surface area contributed by atoms with Gasteiger partial charge in [-0.2, -0.15) is 5.10 Å². The van der Waals surface area contributed by atoms with Gasteiger partial charge in [0, 0.05) is 12.7 Å². The Balaban J connectivity index is 1.46. The van der Waals surface area contributed by atoms with Crippen LogP contribution in [0.2, 0.25) is 0 Å². The largest absolute Gasteiger partial charge is 0.311 e. The zero-order valence-electron chi connectivity index (χ0n) is 10.7. The summed E-state index contributed by atoms with van der Waals surface area (Å²) in [6.45, 7) is 4.43. The van der Waals surface area contributed by atoms with E-state index < -0.39 is 0 Å². The summed E-state index contributed by atoms with van der Waals surface area (Å²) in [4.78, 5) is 0. The zero-order chi connectivity index (χ0) is 11.7. The Kier molecular flexibility index (Phi) is 3.19.